The Balaban J connectivity index is 1.52. The molecule has 2 aliphatic heterocycles. The van der Waals surface area contributed by atoms with Crippen LogP contribution in [0.25, 0.3) is 0 Å². The first-order valence-electron chi connectivity index (χ1n) is 7.15. The van der Waals surface area contributed by atoms with Crippen LogP contribution in [0.4, 0.5) is 8.78 Å². The van der Waals surface area contributed by atoms with Gasteiger partial charge >= 0.3 is 6.61 Å². The van der Waals surface area contributed by atoms with E-state index in [0.717, 1.165) is 17.7 Å². The van der Waals surface area contributed by atoms with Crippen LogP contribution in [0, 0.1) is 0 Å². The summed E-state index contributed by atoms with van der Waals surface area (Å²) >= 11 is 0. The third-order valence-electron chi connectivity index (χ3n) is 3.84. The van der Waals surface area contributed by atoms with Gasteiger partial charge in [0.05, 0.1) is 6.61 Å². The Morgan fingerprint density at radius 3 is 2.91 bits per heavy atom. The zero-order chi connectivity index (χ0) is 15.7. The minimum Gasteiger partial charge on any atom is -0.417 e. The summed E-state index contributed by atoms with van der Waals surface area (Å²) in [6, 6.07) is 1.83. The monoisotopic (exact) mass is 316 g/mol. The zero-order valence-electron chi connectivity index (χ0n) is 12.2. The van der Waals surface area contributed by atoms with Crippen LogP contribution in [-0.4, -0.2) is 65.6 Å². The van der Waals surface area contributed by atoms with Gasteiger partial charge in [-0.3, -0.25) is 4.79 Å². The third-order valence-corrected chi connectivity index (χ3v) is 3.84. The van der Waals surface area contributed by atoms with Gasteiger partial charge in [-0.15, -0.1) is 0 Å². The Kier molecular flexibility index (Phi) is 4.25. The summed E-state index contributed by atoms with van der Waals surface area (Å²) in [5, 5.41) is 7.35. The van der Waals surface area contributed by atoms with E-state index in [2.05, 4.69) is 15.2 Å². The van der Waals surface area contributed by atoms with E-state index in [-0.39, 0.29) is 23.5 Å². The lowest BCUT2D eigenvalue weighted by Crippen LogP contribution is -2.61. The molecule has 2 aliphatic rings. The largest absolute Gasteiger partial charge is 0.417 e. The van der Waals surface area contributed by atoms with E-state index < -0.39 is 6.61 Å². The third kappa shape index (κ3) is 3.20. The number of nitrogens with one attached hydrogen (secondary N) is 1. The number of amides is 1. The average Bonchev–Trinajstić information content (AvgIpc) is 3.03. The maximum Gasteiger partial charge on any atom is 0.388 e. The molecule has 1 atom stereocenters. The standard InChI is InChI=1S/C13H18F2N4O3/c1-18-11(22-13(14)15)4-10(17-18)12(20)19-5-9(6-19)16-8-2-3-21-7-8/h4,8-9,13,16H,2-3,5-7H2,1H3. The lowest BCUT2D eigenvalue weighted by molar-refractivity contribution is -0.0553. The Morgan fingerprint density at radius 2 is 2.27 bits per heavy atom. The molecular weight excluding hydrogens is 298 g/mol. The van der Waals surface area contributed by atoms with Gasteiger partial charge in [0.15, 0.2) is 5.69 Å². The second-order valence-corrected chi connectivity index (χ2v) is 5.50. The Labute approximate surface area is 126 Å². The van der Waals surface area contributed by atoms with E-state index in [9.17, 15) is 13.6 Å². The fourth-order valence-electron chi connectivity index (χ4n) is 2.67. The van der Waals surface area contributed by atoms with E-state index in [4.69, 9.17) is 4.74 Å². The fraction of sp³-hybridized carbons (Fsp3) is 0.692. The SMILES string of the molecule is Cn1nc(C(=O)N2CC(NC3CCOC3)C2)cc1OC(F)F. The summed E-state index contributed by atoms with van der Waals surface area (Å²) in [5.41, 5.74) is 0.112. The number of aromatic nitrogens is 2. The van der Waals surface area contributed by atoms with Gasteiger partial charge in [0.2, 0.25) is 5.88 Å². The van der Waals surface area contributed by atoms with Crippen LogP contribution in [0.1, 0.15) is 16.9 Å². The number of carbonyl (C=O) groups is 1. The van der Waals surface area contributed by atoms with Crippen molar-refractivity contribution >= 4 is 5.91 Å². The zero-order valence-corrected chi connectivity index (χ0v) is 12.2. The van der Waals surface area contributed by atoms with Gasteiger partial charge in [0.25, 0.3) is 5.91 Å². The molecule has 9 heteroatoms. The number of likely N-dealkylation sites (tertiary alicyclic amines) is 1. The second kappa shape index (κ2) is 6.17. The molecule has 1 amide bonds. The number of alkyl halides is 2. The lowest BCUT2D eigenvalue weighted by atomic mass is 10.1. The van der Waals surface area contributed by atoms with Crippen molar-refractivity contribution in [3.8, 4) is 5.88 Å². The van der Waals surface area contributed by atoms with Crippen molar-refractivity contribution in [3.63, 3.8) is 0 Å². The Morgan fingerprint density at radius 1 is 1.50 bits per heavy atom. The lowest BCUT2D eigenvalue weighted by Gasteiger charge is -2.40. The summed E-state index contributed by atoms with van der Waals surface area (Å²) in [5.74, 6) is -0.405. The molecule has 0 radical (unpaired) electrons. The molecule has 22 heavy (non-hydrogen) atoms. The van der Waals surface area contributed by atoms with Crippen molar-refractivity contribution in [1.82, 2.24) is 20.0 Å². The molecule has 0 aromatic carbocycles. The molecule has 1 N–H and O–H groups in total. The Bertz CT molecular complexity index is 539. The van der Waals surface area contributed by atoms with Gasteiger partial charge < -0.3 is 19.7 Å². The Hall–Kier alpha value is -1.74. The summed E-state index contributed by atoms with van der Waals surface area (Å²) in [4.78, 5) is 13.8. The number of ether oxygens (including phenoxy) is 2. The molecule has 0 saturated carbocycles. The minimum absolute atomic E-state index is 0.112. The maximum atomic E-state index is 12.2. The molecule has 3 heterocycles. The molecule has 2 saturated heterocycles. The first kappa shape index (κ1) is 15.2. The van der Waals surface area contributed by atoms with Crippen molar-refractivity contribution in [3.05, 3.63) is 11.8 Å². The van der Waals surface area contributed by atoms with E-state index in [1.807, 2.05) is 0 Å². The predicted octanol–water partition coefficient (Wildman–Crippen LogP) is 0.224. The van der Waals surface area contributed by atoms with Crippen LogP contribution in [0.5, 0.6) is 5.88 Å². The number of hydrogen-bond donors (Lipinski definition) is 1. The minimum atomic E-state index is -2.94. The van der Waals surface area contributed by atoms with Gasteiger partial charge in [-0.05, 0) is 6.42 Å². The van der Waals surface area contributed by atoms with Crippen LogP contribution in [-0.2, 0) is 11.8 Å². The van der Waals surface area contributed by atoms with Gasteiger partial charge in [-0.2, -0.15) is 13.9 Å². The highest BCUT2D eigenvalue weighted by molar-refractivity contribution is 5.93. The van der Waals surface area contributed by atoms with Gasteiger partial charge in [-0.1, -0.05) is 0 Å². The summed E-state index contributed by atoms with van der Waals surface area (Å²) < 4.78 is 35.1. The molecule has 122 valence electrons. The molecule has 1 aromatic heterocycles. The van der Waals surface area contributed by atoms with Crippen molar-refractivity contribution < 1.29 is 23.0 Å². The number of carbonyl (C=O) groups excluding carboxylic acids is 1. The van der Waals surface area contributed by atoms with Crippen LogP contribution >= 0.6 is 0 Å². The highest BCUT2D eigenvalue weighted by atomic mass is 19.3. The van der Waals surface area contributed by atoms with Crippen LogP contribution < -0.4 is 10.1 Å². The fourth-order valence-corrected chi connectivity index (χ4v) is 2.67. The molecule has 0 aliphatic carbocycles. The highest BCUT2D eigenvalue weighted by Gasteiger charge is 2.34. The number of aryl methyl sites for hydroxylation is 1. The van der Waals surface area contributed by atoms with Crippen molar-refractivity contribution in [2.45, 2.75) is 25.1 Å². The molecule has 3 rings (SSSR count). The molecule has 7 nitrogen and oxygen atoms in total. The molecular formula is C13H18F2N4O3. The van der Waals surface area contributed by atoms with Crippen LogP contribution in [0.2, 0.25) is 0 Å². The molecule has 0 spiro atoms. The van der Waals surface area contributed by atoms with E-state index in [0.29, 0.717) is 25.7 Å². The summed E-state index contributed by atoms with van der Waals surface area (Å²) in [6.45, 7) is -0.301. The first-order valence-corrected chi connectivity index (χ1v) is 7.15. The van der Waals surface area contributed by atoms with Crippen molar-refractivity contribution in [1.29, 1.82) is 0 Å². The number of hydrogen-bond acceptors (Lipinski definition) is 5. The quantitative estimate of drug-likeness (QED) is 0.842. The van der Waals surface area contributed by atoms with Gasteiger partial charge in [0, 0.05) is 44.9 Å². The normalized spacial score (nSPS) is 22.2. The smallest absolute Gasteiger partial charge is 0.388 e. The van der Waals surface area contributed by atoms with Gasteiger partial charge in [0.1, 0.15) is 0 Å². The second-order valence-electron chi connectivity index (χ2n) is 5.50. The van der Waals surface area contributed by atoms with Crippen LogP contribution in [0.15, 0.2) is 6.07 Å². The number of rotatable bonds is 5. The van der Waals surface area contributed by atoms with Gasteiger partial charge in [-0.25, -0.2) is 4.68 Å². The summed E-state index contributed by atoms with van der Waals surface area (Å²) in [6.07, 6.45) is 0.985. The summed E-state index contributed by atoms with van der Waals surface area (Å²) in [7, 11) is 1.45. The van der Waals surface area contributed by atoms with Crippen molar-refractivity contribution in [2.24, 2.45) is 7.05 Å². The first-order chi connectivity index (χ1) is 10.5. The average molecular weight is 316 g/mol. The van der Waals surface area contributed by atoms with Crippen molar-refractivity contribution in [2.75, 3.05) is 26.3 Å². The van der Waals surface area contributed by atoms with E-state index in [1.165, 1.54) is 13.1 Å². The molecule has 2 fully saturated rings. The van der Waals surface area contributed by atoms with E-state index in [1.54, 1.807) is 4.90 Å². The maximum absolute atomic E-state index is 12.2. The predicted molar refractivity (Wildman–Crippen MR) is 71.9 cm³/mol. The van der Waals surface area contributed by atoms with E-state index >= 15 is 0 Å². The molecule has 1 aromatic rings. The van der Waals surface area contributed by atoms with Crippen LogP contribution in [0.3, 0.4) is 0 Å². The molecule has 1 unspecified atom stereocenters. The number of halogens is 2. The topological polar surface area (TPSA) is 68.6 Å². The number of nitrogens with zero attached hydrogens (tertiary/aromatic N) is 3. The molecule has 0 bridgehead atoms. The highest BCUT2D eigenvalue weighted by Crippen LogP contribution is 2.19.